The second-order valence-corrected chi connectivity index (χ2v) is 5.21. The van der Waals surface area contributed by atoms with Crippen molar-refractivity contribution >= 4 is 0 Å². The molecule has 1 aromatic carbocycles. The van der Waals surface area contributed by atoms with Crippen LogP contribution in [0, 0.1) is 0 Å². The van der Waals surface area contributed by atoms with Crippen molar-refractivity contribution in [2.24, 2.45) is 5.73 Å². The Morgan fingerprint density at radius 1 is 1.16 bits per heavy atom. The highest BCUT2D eigenvalue weighted by molar-refractivity contribution is 5.63. The molecule has 0 bridgehead atoms. The van der Waals surface area contributed by atoms with Crippen molar-refractivity contribution in [1.29, 1.82) is 0 Å². The Kier molecular flexibility index (Phi) is 3.56. The molecule has 2 aromatic rings. The van der Waals surface area contributed by atoms with E-state index in [1.54, 1.807) is 6.33 Å². The lowest BCUT2D eigenvalue weighted by Crippen LogP contribution is -2.14. The Bertz CT molecular complexity index is 551. The molecule has 1 heterocycles. The van der Waals surface area contributed by atoms with E-state index in [4.69, 9.17) is 5.73 Å². The average molecular weight is 253 g/mol. The predicted molar refractivity (Wildman–Crippen MR) is 76.8 cm³/mol. The molecule has 0 fully saturated rings. The third-order valence-corrected chi connectivity index (χ3v) is 3.99. The molecule has 98 valence electrons. The third-order valence-electron chi connectivity index (χ3n) is 3.99. The maximum Gasteiger partial charge on any atom is 0.115 e. The molecule has 0 saturated carbocycles. The quantitative estimate of drug-likeness (QED) is 0.915. The Balaban J connectivity index is 2.00. The average Bonchev–Trinajstić information content (AvgIpc) is 2.48. The van der Waals surface area contributed by atoms with Crippen molar-refractivity contribution in [3.63, 3.8) is 0 Å². The maximum atomic E-state index is 5.75. The number of nitrogens with zero attached hydrogens (tertiary/aromatic N) is 2. The van der Waals surface area contributed by atoms with Crippen LogP contribution in [0.5, 0.6) is 0 Å². The lowest BCUT2D eigenvalue weighted by Gasteiger charge is -2.25. The van der Waals surface area contributed by atoms with Crippen LogP contribution in [0.1, 0.15) is 36.3 Å². The van der Waals surface area contributed by atoms with Crippen molar-refractivity contribution in [2.75, 3.05) is 6.54 Å². The fraction of sp³-hybridized carbons (Fsp3) is 0.375. The van der Waals surface area contributed by atoms with Gasteiger partial charge in [0.15, 0.2) is 0 Å². The van der Waals surface area contributed by atoms with Crippen LogP contribution in [-0.4, -0.2) is 16.5 Å². The molecular formula is C16H19N3. The molecule has 1 aromatic heterocycles. The summed E-state index contributed by atoms with van der Waals surface area (Å²) >= 11 is 0. The van der Waals surface area contributed by atoms with Crippen LogP contribution < -0.4 is 5.73 Å². The highest BCUT2D eigenvalue weighted by atomic mass is 14.8. The van der Waals surface area contributed by atoms with Crippen molar-refractivity contribution in [3.8, 4) is 11.1 Å². The molecule has 0 saturated heterocycles. The summed E-state index contributed by atoms with van der Waals surface area (Å²) in [5, 5.41) is 0. The lowest BCUT2D eigenvalue weighted by atomic mass is 9.80. The van der Waals surface area contributed by atoms with E-state index in [0.717, 1.165) is 18.5 Å². The van der Waals surface area contributed by atoms with Crippen LogP contribution in [0.2, 0.25) is 0 Å². The van der Waals surface area contributed by atoms with E-state index in [1.807, 2.05) is 12.4 Å². The molecule has 1 atom stereocenters. The van der Waals surface area contributed by atoms with Gasteiger partial charge in [0.2, 0.25) is 0 Å². The van der Waals surface area contributed by atoms with E-state index in [0.29, 0.717) is 5.92 Å². The summed E-state index contributed by atoms with van der Waals surface area (Å²) in [5.41, 5.74) is 11.0. The molecule has 3 nitrogen and oxygen atoms in total. The first-order chi connectivity index (χ1) is 9.38. The number of aromatic nitrogens is 2. The first-order valence-corrected chi connectivity index (χ1v) is 6.97. The second-order valence-electron chi connectivity index (χ2n) is 5.21. The van der Waals surface area contributed by atoms with Gasteiger partial charge in [-0.15, -0.1) is 0 Å². The topological polar surface area (TPSA) is 51.8 Å². The van der Waals surface area contributed by atoms with Crippen LogP contribution in [0.25, 0.3) is 11.1 Å². The Morgan fingerprint density at radius 2 is 2.00 bits per heavy atom. The number of nitrogens with two attached hydrogens (primary N) is 1. The summed E-state index contributed by atoms with van der Waals surface area (Å²) in [7, 11) is 0. The summed E-state index contributed by atoms with van der Waals surface area (Å²) in [4.78, 5) is 8.19. The minimum Gasteiger partial charge on any atom is -0.330 e. The van der Waals surface area contributed by atoms with Crippen molar-refractivity contribution in [1.82, 2.24) is 9.97 Å². The van der Waals surface area contributed by atoms with E-state index in [2.05, 4.69) is 28.2 Å². The molecule has 3 rings (SSSR count). The Morgan fingerprint density at radius 3 is 2.79 bits per heavy atom. The Labute approximate surface area is 113 Å². The fourth-order valence-corrected chi connectivity index (χ4v) is 3.03. The van der Waals surface area contributed by atoms with E-state index < -0.39 is 0 Å². The first-order valence-electron chi connectivity index (χ1n) is 6.97. The smallest absolute Gasteiger partial charge is 0.115 e. The number of fused-ring (bicyclic) bond motifs is 1. The van der Waals surface area contributed by atoms with Gasteiger partial charge in [-0.1, -0.05) is 18.2 Å². The van der Waals surface area contributed by atoms with E-state index >= 15 is 0 Å². The van der Waals surface area contributed by atoms with Crippen LogP contribution in [0.3, 0.4) is 0 Å². The van der Waals surface area contributed by atoms with Crippen molar-refractivity contribution in [3.05, 3.63) is 48.0 Å². The molecule has 0 radical (unpaired) electrons. The molecule has 1 aliphatic carbocycles. The van der Waals surface area contributed by atoms with Crippen molar-refractivity contribution < 1.29 is 0 Å². The van der Waals surface area contributed by atoms with Gasteiger partial charge in [-0.25, -0.2) is 9.97 Å². The van der Waals surface area contributed by atoms with Gasteiger partial charge in [-0.2, -0.15) is 0 Å². The lowest BCUT2D eigenvalue weighted by molar-refractivity contribution is 0.526. The molecule has 0 amide bonds. The van der Waals surface area contributed by atoms with Crippen LogP contribution in [0.4, 0.5) is 0 Å². The number of rotatable bonds is 3. The monoisotopic (exact) mass is 253 g/mol. The highest BCUT2D eigenvalue weighted by Crippen LogP contribution is 2.36. The van der Waals surface area contributed by atoms with E-state index in [1.165, 1.54) is 36.0 Å². The van der Waals surface area contributed by atoms with Gasteiger partial charge in [0.25, 0.3) is 0 Å². The molecule has 3 heteroatoms. The van der Waals surface area contributed by atoms with Gasteiger partial charge in [0.1, 0.15) is 6.33 Å². The zero-order valence-corrected chi connectivity index (χ0v) is 11.0. The normalized spacial score (nSPS) is 18.1. The summed E-state index contributed by atoms with van der Waals surface area (Å²) < 4.78 is 0. The molecule has 2 N–H and O–H groups in total. The Hall–Kier alpha value is -1.74. The molecule has 0 aliphatic heterocycles. The zero-order chi connectivity index (χ0) is 13.1. The summed E-state index contributed by atoms with van der Waals surface area (Å²) in [6.07, 6.45) is 10.1. The summed E-state index contributed by atoms with van der Waals surface area (Å²) in [6.45, 7) is 0.767. The maximum absolute atomic E-state index is 5.75. The number of hydrogen-bond acceptors (Lipinski definition) is 3. The van der Waals surface area contributed by atoms with Crippen LogP contribution in [0.15, 0.2) is 36.9 Å². The zero-order valence-electron chi connectivity index (χ0n) is 11.0. The number of hydrogen-bond donors (Lipinski definition) is 1. The standard InChI is InChI=1S/C16H19N3/c17-7-6-13-3-1-2-12-4-5-14(8-16(12)13)15-9-18-11-19-10-15/h4-5,8-11,13H,1-3,6-7,17H2. The first kappa shape index (κ1) is 12.3. The van der Waals surface area contributed by atoms with Crippen molar-refractivity contribution in [2.45, 2.75) is 31.6 Å². The van der Waals surface area contributed by atoms with Gasteiger partial charge in [-0.3, -0.25) is 0 Å². The molecule has 1 aliphatic rings. The van der Waals surface area contributed by atoms with Gasteiger partial charge in [0, 0.05) is 18.0 Å². The minimum absolute atomic E-state index is 0.623. The molecular weight excluding hydrogens is 234 g/mol. The van der Waals surface area contributed by atoms with Gasteiger partial charge >= 0.3 is 0 Å². The summed E-state index contributed by atoms with van der Waals surface area (Å²) in [5.74, 6) is 0.623. The third kappa shape index (κ3) is 2.51. The molecule has 1 unspecified atom stereocenters. The van der Waals surface area contributed by atoms with E-state index in [9.17, 15) is 0 Å². The number of benzene rings is 1. The minimum atomic E-state index is 0.623. The van der Waals surface area contributed by atoms with Gasteiger partial charge < -0.3 is 5.73 Å². The SMILES string of the molecule is NCCC1CCCc2ccc(-c3cncnc3)cc21. The fourth-order valence-electron chi connectivity index (χ4n) is 3.03. The second kappa shape index (κ2) is 5.49. The summed E-state index contributed by atoms with van der Waals surface area (Å²) in [6, 6.07) is 6.76. The largest absolute Gasteiger partial charge is 0.330 e. The van der Waals surface area contributed by atoms with Gasteiger partial charge in [-0.05, 0) is 54.8 Å². The molecule has 0 spiro atoms. The number of aryl methyl sites for hydroxylation is 1. The molecule has 19 heavy (non-hydrogen) atoms. The highest BCUT2D eigenvalue weighted by Gasteiger charge is 2.20. The van der Waals surface area contributed by atoms with Gasteiger partial charge in [0.05, 0.1) is 0 Å². The predicted octanol–water partition coefficient (Wildman–Crippen LogP) is 2.91. The van der Waals surface area contributed by atoms with Crippen LogP contribution in [-0.2, 0) is 6.42 Å². The van der Waals surface area contributed by atoms with E-state index in [-0.39, 0.29) is 0 Å². The van der Waals surface area contributed by atoms with Crippen LogP contribution >= 0.6 is 0 Å².